The molecule has 0 aliphatic heterocycles. The standard InChI is InChI=1S/C13H17N3O4/c1-13(2,18)6-7-15-11-8-9(16(19)20)4-5-10(11)14(3)12(15)17/h4-5,8,18H,6-7H2,1-3H3/i3D3. The number of benzene rings is 1. The van der Waals surface area contributed by atoms with Gasteiger partial charge >= 0.3 is 5.69 Å². The summed E-state index contributed by atoms with van der Waals surface area (Å²) in [6.45, 7) is 0.460. The lowest BCUT2D eigenvalue weighted by Gasteiger charge is -2.16. The lowest BCUT2D eigenvalue weighted by Crippen LogP contribution is -2.27. The van der Waals surface area contributed by atoms with Crippen LogP contribution in [-0.4, -0.2) is 24.8 Å². The van der Waals surface area contributed by atoms with Crippen LogP contribution in [0.15, 0.2) is 23.0 Å². The molecule has 0 aliphatic rings. The second kappa shape index (κ2) is 4.75. The number of hydrogen-bond acceptors (Lipinski definition) is 4. The molecule has 108 valence electrons. The molecule has 1 heterocycles. The Morgan fingerprint density at radius 3 is 2.70 bits per heavy atom. The molecule has 0 spiro atoms. The summed E-state index contributed by atoms with van der Waals surface area (Å²) in [5, 5.41) is 20.7. The molecule has 0 unspecified atom stereocenters. The smallest absolute Gasteiger partial charge is 0.328 e. The maximum absolute atomic E-state index is 12.4. The predicted molar refractivity (Wildman–Crippen MR) is 74.7 cm³/mol. The maximum Gasteiger partial charge on any atom is 0.328 e. The minimum absolute atomic E-state index is 0.0447. The van der Waals surface area contributed by atoms with Gasteiger partial charge in [0.25, 0.3) is 5.69 Å². The molecule has 20 heavy (non-hydrogen) atoms. The molecular formula is C13H17N3O4. The van der Waals surface area contributed by atoms with Gasteiger partial charge in [0.15, 0.2) is 0 Å². The molecule has 0 saturated heterocycles. The summed E-state index contributed by atoms with van der Waals surface area (Å²) < 4.78 is 24.3. The van der Waals surface area contributed by atoms with Crippen LogP contribution < -0.4 is 5.69 Å². The molecule has 2 aromatic rings. The van der Waals surface area contributed by atoms with E-state index >= 15 is 0 Å². The number of non-ortho nitro benzene ring substituents is 1. The molecular weight excluding hydrogens is 262 g/mol. The first-order valence-electron chi connectivity index (χ1n) is 7.54. The van der Waals surface area contributed by atoms with E-state index in [1.165, 1.54) is 12.1 Å². The van der Waals surface area contributed by atoms with Crippen LogP contribution >= 0.6 is 0 Å². The maximum atomic E-state index is 12.4. The fraction of sp³-hybridized carbons (Fsp3) is 0.462. The Morgan fingerprint density at radius 2 is 2.15 bits per heavy atom. The van der Waals surface area contributed by atoms with Crippen LogP contribution in [0.1, 0.15) is 24.4 Å². The molecule has 1 aromatic carbocycles. The Labute approximate surface area is 119 Å². The van der Waals surface area contributed by atoms with Crippen LogP contribution in [0, 0.1) is 10.1 Å². The fourth-order valence-electron chi connectivity index (χ4n) is 1.96. The van der Waals surface area contributed by atoms with Crippen LogP contribution in [0.4, 0.5) is 5.69 Å². The van der Waals surface area contributed by atoms with Crippen molar-refractivity contribution in [2.75, 3.05) is 0 Å². The molecule has 2 rings (SSSR count). The molecule has 0 aliphatic carbocycles. The van der Waals surface area contributed by atoms with Gasteiger partial charge in [-0.25, -0.2) is 4.79 Å². The lowest BCUT2D eigenvalue weighted by molar-refractivity contribution is -0.384. The van der Waals surface area contributed by atoms with Crippen molar-refractivity contribution >= 4 is 16.7 Å². The summed E-state index contributed by atoms with van der Waals surface area (Å²) in [5.41, 5.74) is -1.84. The van der Waals surface area contributed by atoms with Crippen molar-refractivity contribution < 1.29 is 14.1 Å². The van der Waals surface area contributed by atoms with Gasteiger partial charge in [0.05, 0.1) is 21.6 Å². The summed E-state index contributed by atoms with van der Waals surface area (Å²) in [6, 6.07) is 3.58. The van der Waals surface area contributed by atoms with Gasteiger partial charge in [-0.2, -0.15) is 0 Å². The number of aliphatic hydroxyl groups is 1. The number of aromatic nitrogens is 2. The molecule has 0 atom stereocenters. The highest BCUT2D eigenvalue weighted by Gasteiger charge is 2.18. The Kier molecular flexibility index (Phi) is 2.52. The van der Waals surface area contributed by atoms with Gasteiger partial charge in [-0.1, -0.05) is 0 Å². The number of aryl methyl sites for hydroxylation is 2. The van der Waals surface area contributed by atoms with Crippen molar-refractivity contribution in [1.82, 2.24) is 9.13 Å². The molecule has 7 heteroatoms. The molecule has 0 bridgehead atoms. The van der Waals surface area contributed by atoms with E-state index in [0.29, 0.717) is 4.57 Å². The second-order valence-corrected chi connectivity index (χ2v) is 5.26. The third kappa shape index (κ3) is 2.57. The van der Waals surface area contributed by atoms with E-state index in [9.17, 15) is 20.0 Å². The van der Waals surface area contributed by atoms with Crippen molar-refractivity contribution in [1.29, 1.82) is 0 Å². The van der Waals surface area contributed by atoms with Gasteiger partial charge in [0.1, 0.15) is 0 Å². The molecule has 0 amide bonds. The lowest BCUT2D eigenvalue weighted by atomic mass is 10.1. The van der Waals surface area contributed by atoms with Crippen molar-refractivity contribution in [3.63, 3.8) is 0 Å². The van der Waals surface area contributed by atoms with Gasteiger partial charge < -0.3 is 5.11 Å². The SMILES string of the molecule is [2H]C([2H])([2H])n1c(=O)n(CCC(C)(C)O)c2cc([N+](=O)[O-])ccc21. The van der Waals surface area contributed by atoms with Gasteiger partial charge in [0.2, 0.25) is 0 Å². The van der Waals surface area contributed by atoms with Crippen molar-refractivity contribution in [2.24, 2.45) is 6.98 Å². The Morgan fingerprint density at radius 1 is 1.45 bits per heavy atom. The van der Waals surface area contributed by atoms with Crippen LogP contribution in [0.2, 0.25) is 0 Å². The van der Waals surface area contributed by atoms with Gasteiger partial charge in [-0.3, -0.25) is 19.2 Å². The van der Waals surface area contributed by atoms with Gasteiger partial charge in [0, 0.05) is 29.8 Å². The van der Waals surface area contributed by atoms with Crippen LogP contribution in [0.25, 0.3) is 11.0 Å². The number of nitro groups is 1. The third-order valence-corrected chi connectivity index (χ3v) is 3.07. The van der Waals surface area contributed by atoms with Crippen LogP contribution in [0.3, 0.4) is 0 Å². The highest BCUT2D eigenvalue weighted by molar-refractivity contribution is 5.78. The van der Waals surface area contributed by atoms with Crippen molar-refractivity contribution in [2.45, 2.75) is 32.4 Å². The molecule has 0 saturated carbocycles. The van der Waals surface area contributed by atoms with Crippen LogP contribution in [0.5, 0.6) is 0 Å². The normalized spacial score (nSPS) is 14.8. The molecule has 1 aromatic heterocycles. The largest absolute Gasteiger partial charge is 0.390 e. The first kappa shape index (κ1) is 10.6. The van der Waals surface area contributed by atoms with E-state index in [0.717, 1.165) is 10.6 Å². The fourth-order valence-corrected chi connectivity index (χ4v) is 1.96. The number of fused-ring (bicyclic) bond motifs is 1. The third-order valence-electron chi connectivity index (χ3n) is 3.07. The zero-order chi connectivity index (χ0) is 17.6. The summed E-state index contributed by atoms with van der Waals surface area (Å²) in [7, 11) is 0. The number of rotatable bonds is 4. The van der Waals surface area contributed by atoms with Gasteiger partial charge in [-0.15, -0.1) is 0 Å². The molecule has 7 nitrogen and oxygen atoms in total. The minimum atomic E-state index is -2.70. The van der Waals surface area contributed by atoms with E-state index in [1.54, 1.807) is 13.8 Å². The number of nitrogens with zero attached hydrogens (tertiary/aromatic N) is 3. The summed E-state index contributed by atoms with van der Waals surface area (Å²) in [6.07, 6.45) is 0.190. The highest BCUT2D eigenvalue weighted by Crippen LogP contribution is 2.21. The Hall–Kier alpha value is -2.15. The average molecular weight is 282 g/mol. The summed E-state index contributed by atoms with van der Waals surface area (Å²) in [4.78, 5) is 22.8. The van der Waals surface area contributed by atoms with E-state index in [1.807, 2.05) is 0 Å². The van der Waals surface area contributed by atoms with E-state index in [2.05, 4.69) is 0 Å². The molecule has 1 N–H and O–H groups in total. The minimum Gasteiger partial charge on any atom is -0.390 e. The monoisotopic (exact) mass is 282 g/mol. The molecule has 0 radical (unpaired) electrons. The zero-order valence-electron chi connectivity index (χ0n) is 14.2. The topological polar surface area (TPSA) is 90.3 Å². The van der Waals surface area contributed by atoms with E-state index in [-0.39, 0.29) is 29.7 Å². The quantitative estimate of drug-likeness (QED) is 0.678. The van der Waals surface area contributed by atoms with Crippen molar-refractivity contribution in [3.05, 3.63) is 38.8 Å². The highest BCUT2D eigenvalue weighted by atomic mass is 16.6. The number of nitro benzene ring substituents is 1. The van der Waals surface area contributed by atoms with Gasteiger partial charge in [-0.05, 0) is 26.3 Å². The summed E-state index contributed by atoms with van der Waals surface area (Å²) >= 11 is 0. The summed E-state index contributed by atoms with van der Waals surface area (Å²) in [5.74, 6) is 0. The Balaban J connectivity index is 2.72. The van der Waals surface area contributed by atoms with E-state index in [4.69, 9.17) is 4.11 Å². The zero-order valence-corrected chi connectivity index (χ0v) is 11.2. The second-order valence-electron chi connectivity index (χ2n) is 5.26. The van der Waals surface area contributed by atoms with Crippen LogP contribution in [-0.2, 0) is 13.5 Å². The Bertz CT molecular complexity index is 815. The van der Waals surface area contributed by atoms with E-state index < -0.39 is 23.2 Å². The molecule has 0 fully saturated rings. The number of imidazole rings is 1. The number of hydrogen-bond donors (Lipinski definition) is 1. The average Bonchev–Trinajstić information content (AvgIpc) is 2.65. The first-order valence-corrected chi connectivity index (χ1v) is 6.04. The predicted octanol–water partition coefficient (Wildman–Crippen LogP) is 1.41. The van der Waals surface area contributed by atoms with Crippen molar-refractivity contribution in [3.8, 4) is 0 Å². The first-order chi connectivity index (χ1) is 10.4.